The van der Waals surface area contributed by atoms with Crippen LogP contribution in [0.25, 0.3) is 0 Å². The van der Waals surface area contributed by atoms with E-state index in [1.165, 1.54) is 37.9 Å². The second kappa shape index (κ2) is 10.0. The zero-order chi connectivity index (χ0) is 16.8. The summed E-state index contributed by atoms with van der Waals surface area (Å²) in [6.45, 7) is 9.11. The normalized spacial score (nSPS) is 20.4. The van der Waals surface area contributed by atoms with Crippen LogP contribution >= 0.6 is 35.7 Å². The molecule has 1 spiro atoms. The average molecular weight is 477 g/mol. The Morgan fingerprint density at radius 1 is 1.36 bits per heavy atom. The van der Waals surface area contributed by atoms with Crippen molar-refractivity contribution < 1.29 is 0 Å². The number of imidazole rings is 1. The molecule has 2 heterocycles. The van der Waals surface area contributed by atoms with Crippen molar-refractivity contribution >= 4 is 41.7 Å². The molecular formula is C18H32IN5S. The van der Waals surface area contributed by atoms with Crippen molar-refractivity contribution in [3.63, 3.8) is 0 Å². The van der Waals surface area contributed by atoms with Gasteiger partial charge in [-0.2, -0.15) is 11.8 Å². The topological polar surface area (TPSA) is 45.5 Å². The highest BCUT2D eigenvalue weighted by atomic mass is 127. The zero-order valence-corrected chi connectivity index (χ0v) is 18.7. The summed E-state index contributed by atoms with van der Waals surface area (Å²) in [6.07, 6.45) is 10.9. The van der Waals surface area contributed by atoms with Crippen molar-refractivity contribution in [2.45, 2.75) is 57.2 Å². The number of rotatable bonds is 4. The molecule has 142 valence electrons. The summed E-state index contributed by atoms with van der Waals surface area (Å²) >= 11 is 2.21. The lowest BCUT2D eigenvalue weighted by Crippen LogP contribution is -2.53. The van der Waals surface area contributed by atoms with Gasteiger partial charge in [-0.1, -0.05) is 19.3 Å². The van der Waals surface area contributed by atoms with Crippen LogP contribution in [0.2, 0.25) is 0 Å². The minimum Gasteiger partial charge on any atom is -0.357 e. The molecule has 0 radical (unpaired) electrons. The minimum atomic E-state index is 0. The van der Waals surface area contributed by atoms with E-state index in [1.807, 2.05) is 19.3 Å². The molecule has 1 saturated heterocycles. The number of aryl methyl sites for hydroxylation is 1. The van der Waals surface area contributed by atoms with E-state index in [0.717, 1.165) is 44.5 Å². The predicted molar refractivity (Wildman–Crippen MR) is 118 cm³/mol. The lowest BCUT2D eigenvalue weighted by atomic mass is 9.87. The van der Waals surface area contributed by atoms with Crippen molar-refractivity contribution in [2.24, 2.45) is 4.99 Å². The number of guanidine groups is 1. The fourth-order valence-electron chi connectivity index (χ4n) is 3.85. The van der Waals surface area contributed by atoms with Gasteiger partial charge in [-0.15, -0.1) is 24.0 Å². The number of nitrogens with one attached hydrogen (secondary N) is 1. The first kappa shape index (κ1) is 20.9. The Kier molecular flexibility index (Phi) is 8.38. The second-order valence-corrected chi connectivity index (χ2v) is 8.48. The maximum Gasteiger partial charge on any atom is 0.194 e. The molecule has 1 aliphatic carbocycles. The molecule has 3 rings (SSSR count). The third-order valence-electron chi connectivity index (χ3n) is 5.17. The summed E-state index contributed by atoms with van der Waals surface area (Å²) in [4.78, 5) is 11.7. The van der Waals surface area contributed by atoms with Crippen LogP contribution in [0.3, 0.4) is 0 Å². The van der Waals surface area contributed by atoms with Gasteiger partial charge in [0.2, 0.25) is 0 Å². The predicted octanol–water partition coefficient (Wildman–Crippen LogP) is 3.53. The standard InChI is InChI=1S/C18H31N5S.HI/c1-3-19-17(21-10-12-22-11-9-20-16(22)2)23-13-14-24-18(15-23)7-5-4-6-8-18;/h9,11H,3-8,10,12-15H2,1-2H3,(H,19,21);1H. The van der Waals surface area contributed by atoms with Gasteiger partial charge in [0.1, 0.15) is 5.82 Å². The lowest BCUT2D eigenvalue weighted by molar-refractivity contribution is 0.293. The molecule has 1 saturated carbocycles. The highest BCUT2D eigenvalue weighted by Gasteiger charge is 2.38. The van der Waals surface area contributed by atoms with Gasteiger partial charge in [-0.05, 0) is 26.7 Å². The molecule has 2 aliphatic rings. The molecule has 2 fully saturated rings. The molecule has 0 bridgehead atoms. The third kappa shape index (κ3) is 5.52. The van der Waals surface area contributed by atoms with E-state index in [2.05, 4.69) is 38.5 Å². The molecule has 7 heteroatoms. The van der Waals surface area contributed by atoms with Crippen LogP contribution in [0.15, 0.2) is 17.4 Å². The Bertz CT molecular complexity index is 548. The van der Waals surface area contributed by atoms with Gasteiger partial charge in [0.25, 0.3) is 0 Å². The number of thioether (sulfide) groups is 1. The Balaban J connectivity index is 0.00000225. The van der Waals surface area contributed by atoms with Gasteiger partial charge in [-0.25, -0.2) is 4.98 Å². The first-order chi connectivity index (χ1) is 11.7. The highest BCUT2D eigenvalue weighted by Crippen LogP contribution is 2.42. The van der Waals surface area contributed by atoms with Crippen molar-refractivity contribution in [1.29, 1.82) is 0 Å². The maximum absolute atomic E-state index is 4.90. The van der Waals surface area contributed by atoms with E-state index in [9.17, 15) is 0 Å². The average Bonchev–Trinajstić information content (AvgIpc) is 3.00. The molecule has 0 aromatic carbocycles. The molecule has 5 nitrogen and oxygen atoms in total. The largest absolute Gasteiger partial charge is 0.357 e. The molecular weight excluding hydrogens is 445 g/mol. The van der Waals surface area contributed by atoms with E-state index in [-0.39, 0.29) is 24.0 Å². The zero-order valence-electron chi connectivity index (χ0n) is 15.5. The van der Waals surface area contributed by atoms with E-state index in [1.54, 1.807) is 0 Å². The highest BCUT2D eigenvalue weighted by molar-refractivity contribution is 14.0. The number of aliphatic imine (C=N–C) groups is 1. The third-order valence-corrected chi connectivity index (χ3v) is 6.71. The van der Waals surface area contributed by atoms with Crippen molar-refractivity contribution in [2.75, 3.05) is 31.9 Å². The minimum absolute atomic E-state index is 0. The van der Waals surface area contributed by atoms with Gasteiger partial charge in [0.15, 0.2) is 5.96 Å². The maximum atomic E-state index is 4.90. The Morgan fingerprint density at radius 3 is 2.84 bits per heavy atom. The van der Waals surface area contributed by atoms with Crippen LogP contribution in [-0.4, -0.2) is 57.1 Å². The van der Waals surface area contributed by atoms with Crippen LogP contribution in [0.4, 0.5) is 0 Å². The first-order valence-electron chi connectivity index (χ1n) is 9.37. The molecule has 0 amide bonds. The summed E-state index contributed by atoms with van der Waals surface area (Å²) in [7, 11) is 0. The number of nitrogens with zero attached hydrogens (tertiary/aromatic N) is 4. The second-order valence-electron chi connectivity index (χ2n) is 6.92. The van der Waals surface area contributed by atoms with Gasteiger partial charge >= 0.3 is 0 Å². The van der Waals surface area contributed by atoms with Crippen molar-refractivity contribution in [3.8, 4) is 0 Å². The van der Waals surface area contributed by atoms with E-state index >= 15 is 0 Å². The summed E-state index contributed by atoms with van der Waals surface area (Å²) < 4.78 is 2.65. The quantitative estimate of drug-likeness (QED) is 0.410. The molecule has 1 aromatic rings. The van der Waals surface area contributed by atoms with E-state index in [0.29, 0.717) is 4.75 Å². The van der Waals surface area contributed by atoms with E-state index < -0.39 is 0 Å². The lowest BCUT2D eigenvalue weighted by Gasteiger charge is -2.45. The Hall–Kier alpha value is -0.440. The van der Waals surface area contributed by atoms with Crippen LogP contribution in [0.1, 0.15) is 44.9 Å². The first-order valence-corrected chi connectivity index (χ1v) is 10.4. The number of hydrogen-bond donors (Lipinski definition) is 1. The Morgan fingerprint density at radius 2 is 2.16 bits per heavy atom. The number of halogens is 1. The molecule has 1 aliphatic heterocycles. The summed E-state index contributed by atoms with van der Waals surface area (Å²) in [5, 5.41) is 3.51. The molecule has 1 N–H and O–H groups in total. The van der Waals surface area contributed by atoms with Crippen LogP contribution in [0.5, 0.6) is 0 Å². The monoisotopic (exact) mass is 477 g/mol. The summed E-state index contributed by atoms with van der Waals surface area (Å²) in [5.41, 5.74) is 0. The summed E-state index contributed by atoms with van der Waals surface area (Å²) in [6, 6.07) is 0. The molecule has 0 atom stereocenters. The van der Waals surface area contributed by atoms with Crippen molar-refractivity contribution in [1.82, 2.24) is 19.8 Å². The van der Waals surface area contributed by atoms with Crippen LogP contribution < -0.4 is 5.32 Å². The van der Waals surface area contributed by atoms with Crippen LogP contribution in [-0.2, 0) is 6.54 Å². The smallest absolute Gasteiger partial charge is 0.194 e. The number of aromatic nitrogens is 2. The van der Waals surface area contributed by atoms with Crippen molar-refractivity contribution in [3.05, 3.63) is 18.2 Å². The van der Waals surface area contributed by atoms with Gasteiger partial charge in [0.05, 0.1) is 6.54 Å². The fraction of sp³-hybridized carbons (Fsp3) is 0.778. The van der Waals surface area contributed by atoms with E-state index in [4.69, 9.17) is 4.99 Å². The summed E-state index contributed by atoms with van der Waals surface area (Å²) in [5.74, 6) is 3.39. The van der Waals surface area contributed by atoms with Crippen LogP contribution in [0, 0.1) is 6.92 Å². The molecule has 1 aromatic heterocycles. The fourth-order valence-corrected chi connectivity index (χ4v) is 5.42. The van der Waals surface area contributed by atoms with Gasteiger partial charge < -0.3 is 14.8 Å². The Labute approximate surface area is 173 Å². The van der Waals surface area contributed by atoms with Gasteiger partial charge in [0, 0.05) is 49.1 Å². The SMILES string of the molecule is CCNC(=NCCn1ccnc1C)N1CCSC2(CCCCC2)C1.I. The molecule has 0 unspecified atom stereocenters. The number of hydrogen-bond acceptors (Lipinski definition) is 3. The van der Waals surface area contributed by atoms with Gasteiger partial charge in [-0.3, -0.25) is 4.99 Å². The molecule has 25 heavy (non-hydrogen) atoms.